The molecule has 0 bridgehead atoms. The zero-order valence-corrected chi connectivity index (χ0v) is 15.6. The first-order valence-electron chi connectivity index (χ1n) is 8.33. The lowest BCUT2D eigenvalue weighted by Crippen LogP contribution is -2.30. The Morgan fingerprint density at radius 3 is 2.18 bits per heavy atom. The first-order valence-corrected chi connectivity index (χ1v) is 9.81. The van der Waals surface area contributed by atoms with E-state index in [1.165, 1.54) is 30.3 Å². The summed E-state index contributed by atoms with van der Waals surface area (Å²) >= 11 is 0. The predicted molar refractivity (Wildman–Crippen MR) is 99.2 cm³/mol. The minimum Gasteiger partial charge on any atom is -0.311 e. The van der Waals surface area contributed by atoms with E-state index < -0.39 is 27.7 Å². The van der Waals surface area contributed by atoms with Crippen molar-refractivity contribution in [2.24, 2.45) is 0 Å². The Labute approximate surface area is 160 Å². The number of aromatic amines is 1. The van der Waals surface area contributed by atoms with Gasteiger partial charge in [-0.05, 0) is 48.9 Å². The van der Waals surface area contributed by atoms with Crippen molar-refractivity contribution in [2.75, 3.05) is 0 Å². The highest BCUT2D eigenvalue weighted by Crippen LogP contribution is 2.21. The summed E-state index contributed by atoms with van der Waals surface area (Å²) in [6.07, 6.45) is 0.0663. The van der Waals surface area contributed by atoms with Gasteiger partial charge in [0.1, 0.15) is 17.5 Å². The molecule has 3 aromatic rings. The van der Waals surface area contributed by atoms with Crippen LogP contribution in [0.3, 0.4) is 0 Å². The van der Waals surface area contributed by atoms with Crippen LogP contribution in [0.25, 0.3) is 0 Å². The average molecular weight is 405 g/mol. The van der Waals surface area contributed by atoms with Gasteiger partial charge in [-0.3, -0.25) is 4.79 Å². The van der Waals surface area contributed by atoms with E-state index >= 15 is 0 Å². The van der Waals surface area contributed by atoms with Gasteiger partial charge in [0, 0.05) is 18.2 Å². The van der Waals surface area contributed by atoms with Gasteiger partial charge >= 0.3 is 0 Å². The highest BCUT2D eigenvalue weighted by atomic mass is 32.2. The number of H-pyrrole nitrogens is 1. The molecule has 2 N–H and O–H groups in total. The van der Waals surface area contributed by atoms with Crippen LogP contribution in [0.5, 0.6) is 0 Å². The van der Waals surface area contributed by atoms with E-state index in [0.29, 0.717) is 17.1 Å². The topological polar surface area (TPSA) is 91.9 Å². The van der Waals surface area contributed by atoms with Crippen molar-refractivity contribution in [1.82, 2.24) is 14.7 Å². The summed E-state index contributed by atoms with van der Waals surface area (Å²) in [5.41, 5.74) is 0.506. The maximum atomic E-state index is 13.3. The standard InChI is InChI=1S/C19H17F2N3O3S/c1-12-22-16(11-19(25)23-12)10-18(13-2-4-14(20)5-3-13)24-28(26,27)17-8-6-15(21)7-9-17/h2-9,11,18,24H,10H2,1H3,(H,22,23,25). The summed E-state index contributed by atoms with van der Waals surface area (Å²) in [5.74, 6) is -0.631. The fourth-order valence-corrected chi connectivity index (χ4v) is 3.97. The third kappa shape index (κ3) is 4.87. The maximum Gasteiger partial charge on any atom is 0.251 e. The van der Waals surface area contributed by atoms with E-state index in [2.05, 4.69) is 14.7 Å². The molecular weight excluding hydrogens is 388 g/mol. The Morgan fingerprint density at radius 1 is 1.04 bits per heavy atom. The van der Waals surface area contributed by atoms with Crippen LogP contribution in [-0.4, -0.2) is 18.4 Å². The van der Waals surface area contributed by atoms with Gasteiger partial charge in [0.25, 0.3) is 5.56 Å². The van der Waals surface area contributed by atoms with Gasteiger partial charge in [0.2, 0.25) is 10.0 Å². The number of benzene rings is 2. The summed E-state index contributed by atoms with van der Waals surface area (Å²) in [6.45, 7) is 1.61. The molecule has 0 spiro atoms. The molecular formula is C19H17F2N3O3S. The largest absolute Gasteiger partial charge is 0.311 e. The van der Waals surface area contributed by atoms with Crippen molar-refractivity contribution in [3.63, 3.8) is 0 Å². The molecule has 146 valence electrons. The van der Waals surface area contributed by atoms with Crippen LogP contribution in [0, 0.1) is 18.6 Å². The summed E-state index contributed by atoms with van der Waals surface area (Å²) in [4.78, 5) is 18.3. The second-order valence-corrected chi connectivity index (χ2v) is 7.92. The lowest BCUT2D eigenvalue weighted by atomic mass is 10.0. The summed E-state index contributed by atoms with van der Waals surface area (Å²) < 4.78 is 54.4. The number of nitrogens with one attached hydrogen (secondary N) is 2. The highest BCUT2D eigenvalue weighted by Gasteiger charge is 2.23. The molecule has 1 heterocycles. The molecule has 3 rings (SSSR count). The Hall–Kier alpha value is -2.91. The summed E-state index contributed by atoms with van der Waals surface area (Å²) in [5, 5.41) is 0. The van der Waals surface area contributed by atoms with Gasteiger partial charge in [0.05, 0.1) is 10.9 Å². The first-order chi connectivity index (χ1) is 13.2. The van der Waals surface area contributed by atoms with Crippen LogP contribution in [0.15, 0.2) is 64.3 Å². The van der Waals surface area contributed by atoms with Crippen molar-refractivity contribution in [3.05, 3.63) is 93.7 Å². The van der Waals surface area contributed by atoms with Crippen LogP contribution in [0.2, 0.25) is 0 Å². The first kappa shape index (κ1) is 19.8. The van der Waals surface area contributed by atoms with E-state index in [9.17, 15) is 22.0 Å². The Bertz CT molecular complexity index is 1130. The van der Waals surface area contributed by atoms with E-state index in [4.69, 9.17) is 0 Å². The van der Waals surface area contributed by atoms with Gasteiger partial charge in [-0.2, -0.15) is 0 Å². The zero-order chi connectivity index (χ0) is 20.3. The Kier molecular flexibility index (Phi) is 5.66. The summed E-state index contributed by atoms with van der Waals surface area (Å²) in [6, 6.07) is 10.2. The minimum absolute atomic E-state index is 0.0663. The number of halogens is 2. The molecule has 0 saturated heterocycles. The monoisotopic (exact) mass is 405 g/mol. The van der Waals surface area contributed by atoms with Crippen LogP contribution < -0.4 is 10.3 Å². The molecule has 0 aliphatic rings. The molecule has 0 amide bonds. The number of nitrogens with zero attached hydrogens (tertiary/aromatic N) is 1. The molecule has 0 fully saturated rings. The maximum absolute atomic E-state index is 13.3. The van der Waals surface area contributed by atoms with Crippen molar-refractivity contribution >= 4 is 10.0 Å². The third-order valence-corrected chi connectivity index (χ3v) is 5.51. The second kappa shape index (κ2) is 7.99. The Balaban J connectivity index is 1.97. The molecule has 9 heteroatoms. The SMILES string of the molecule is Cc1nc(CC(NS(=O)(=O)c2ccc(F)cc2)c2ccc(F)cc2)cc(=O)[nH]1. The lowest BCUT2D eigenvalue weighted by molar-refractivity contribution is 0.551. The fraction of sp³-hybridized carbons (Fsp3) is 0.158. The number of hydrogen-bond acceptors (Lipinski definition) is 4. The second-order valence-electron chi connectivity index (χ2n) is 6.21. The molecule has 2 aromatic carbocycles. The molecule has 0 radical (unpaired) electrons. The zero-order valence-electron chi connectivity index (χ0n) is 14.8. The highest BCUT2D eigenvalue weighted by molar-refractivity contribution is 7.89. The molecule has 28 heavy (non-hydrogen) atoms. The molecule has 1 unspecified atom stereocenters. The number of hydrogen-bond donors (Lipinski definition) is 2. The van der Waals surface area contributed by atoms with E-state index in [1.54, 1.807) is 6.92 Å². The van der Waals surface area contributed by atoms with Crippen LogP contribution in [0.1, 0.15) is 23.1 Å². The lowest BCUT2D eigenvalue weighted by Gasteiger charge is -2.19. The van der Waals surface area contributed by atoms with Crippen molar-refractivity contribution in [3.8, 4) is 0 Å². The number of aryl methyl sites for hydroxylation is 1. The molecule has 1 aromatic heterocycles. The smallest absolute Gasteiger partial charge is 0.251 e. The number of rotatable bonds is 6. The molecule has 0 aliphatic carbocycles. The quantitative estimate of drug-likeness (QED) is 0.660. The molecule has 0 aliphatic heterocycles. The van der Waals surface area contributed by atoms with E-state index in [0.717, 1.165) is 24.3 Å². The van der Waals surface area contributed by atoms with Crippen molar-refractivity contribution in [2.45, 2.75) is 24.3 Å². The third-order valence-electron chi connectivity index (χ3n) is 4.02. The summed E-state index contributed by atoms with van der Waals surface area (Å²) in [7, 11) is -4.00. The average Bonchev–Trinajstić information content (AvgIpc) is 2.61. The van der Waals surface area contributed by atoms with Crippen LogP contribution in [0.4, 0.5) is 8.78 Å². The minimum atomic E-state index is -4.00. The van der Waals surface area contributed by atoms with Crippen molar-refractivity contribution in [1.29, 1.82) is 0 Å². The van der Waals surface area contributed by atoms with Gasteiger partial charge in [-0.1, -0.05) is 12.1 Å². The normalized spacial score (nSPS) is 12.7. The van der Waals surface area contributed by atoms with Gasteiger partial charge < -0.3 is 4.98 Å². The number of aromatic nitrogens is 2. The molecule has 6 nitrogen and oxygen atoms in total. The van der Waals surface area contributed by atoms with E-state index in [-0.39, 0.29) is 16.9 Å². The van der Waals surface area contributed by atoms with Crippen LogP contribution in [-0.2, 0) is 16.4 Å². The van der Waals surface area contributed by atoms with Gasteiger partial charge in [-0.25, -0.2) is 26.9 Å². The number of sulfonamides is 1. The fourth-order valence-electron chi connectivity index (χ4n) is 2.75. The Morgan fingerprint density at radius 2 is 1.61 bits per heavy atom. The van der Waals surface area contributed by atoms with Crippen molar-refractivity contribution < 1.29 is 17.2 Å². The predicted octanol–water partition coefficient (Wildman–Crippen LogP) is 2.62. The molecule has 1 atom stereocenters. The van der Waals surface area contributed by atoms with Crippen LogP contribution >= 0.6 is 0 Å². The molecule has 0 saturated carbocycles. The van der Waals surface area contributed by atoms with E-state index in [1.807, 2.05) is 0 Å². The van der Waals surface area contributed by atoms with Gasteiger partial charge in [-0.15, -0.1) is 0 Å². The van der Waals surface area contributed by atoms with Gasteiger partial charge in [0.15, 0.2) is 0 Å².